The van der Waals surface area contributed by atoms with Crippen molar-refractivity contribution in [1.82, 2.24) is 4.98 Å². The summed E-state index contributed by atoms with van der Waals surface area (Å²) in [7, 11) is 0. The summed E-state index contributed by atoms with van der Waals surface area (Å²) in [5.41, 5.74) is 2.23. The SMILES string of the molecule is O=C(Nc1ccccc1)c1cc(Nc2cccc(F)c2)ccn1. The summed E-state index contributed by atoms with van der Waals surface area (Å²) in [5.74, 6) is -0.634. The van der Waals surface area contributed by atoms with Crippen LogP contribution < -0.4 is 10.6 Å². The molecule has 2 N–H and O–H groups in total. The van der Waals surface area contributed by atoms with Crippen LogP contribution in [0, 0.1) is 5.82 Å². The van der Waals surface area contributed by atoms with Crippen molar-refractivity contribution >= 4 is 23.0 Å². The smallest absolute Gasteiger partial charge is 0.274 e. The van der Waals surface area contributed by atoms with Crippen molar-refractivity contribution in [2.75, 3.05) is 10.6 Å². The Morgan fingerprint density at radius 3 is 2.39 bits per heavy atom. The zero-order valence-electron chi connectivity index (χ0n) is 12.2. The molecule has 0 radical (unpaired) electrons. The minimum absolute atomic E-state index is 0.273. The Balaban J connectivity index is 1.75. The number of hydrogen-bond acceptors (Lipinski definition) is 3. The van der Waals surface area contributed by atoms with Crippen molar-refractivity contribution < 1.29 is 9.18 Å². The van der Waals surface area contributed by atoms with E-state index < -0.39 is 0 Å². The molecule has 1 amide bonds. The van der Waals surface area contributed by atoms with Gasteiger partial charge in [0.2, 0.25) is 0 Å². The molecule has 0 aliphatic rings. The minimum Gasteiger partial charge on any atom is -0.355 e. The van der Waals surface area contributed by atoms with E-state index in [-0.39, 0.29) is 17.4 Å². The predicted octanol–water partition coefficient (Wildman–Crippen LogP) is 4.22. The highest BCUT2D eigenvalue weighted by molar-refractivity contribution is 6.03. The third-order valence-corrected chi connectivity index (χ3v) is 3.14. The average Bonchev–Trinajstić information content (AvgIpc) is 2.56. The third kappa shape index (κ3) is 3.91. The largest absolute Gasteiger partial charge is 0.355 e. The van der Waals surface area contributed by atoms with Crippen LogP contribution >= 0.6 is 0 Å². The van der Waals surface area contributed by atoms with Crippen molar-refractivity contribution in [2.45, 2.75) is 0 Å². The number of rotatable bonds is 4. The molecule has 0 fully saturated rings. The molecule has 4 nitrogen and oxygen atoms in total. The normalized spacial score (nSPS) is 10.1. The minimum atomic E-state index is -0.328. The number of nitrogens with zero attached hydrogens (tertiary/aromatic N) is 1. The maximum atomic E-state index is 13.2. The van der Waals surface area contributed by atoms with Gasteiger partial charge < -0.3 is 10.6 Å². The van der Waals surface area contributed by atoms with Crippen LogP contribution in [0.15, 0.2) is 72.9 Å². The number of carbonyl (C=O) groups excluding carboxylic acids is 1. The van der Waals surface area contributed by atoms with E-state index in [0.717, 1.165) is 0 Å². The van der Waals surface area contributed by atoms with Gasteiger partial charge in [0.05, 0.1) is 0 Å². The zero-order chi connectivity index (χ0) is 16.1. The Hall–Kier alpha value is -3.21. The first-order valence-corrected chi connectivity index (χ1v) is 7.06. The molecule has 5 heteroatoms. The lowest BCUT2D eigenvalue weighted by molar-refractivity contribution is 0.102. The van der Waals surface area contributed by atoms with Gasteiger partial charge in [-0.2, -0.15) is 0 Å². The predicted molar refractivity (Wildman–Crippen MR) is 88.3 cm³/mol. The molecular formula is C18H14FN3O. The summed E-state index contributed by atoms with van der Waals surface area (Å²) < 4.78 is 13.2. The van der Waals surface area contributed by atoms with Crippen molar-refractivity contribution in [3.05, 3.63) is 84.4 Å². The van der Waals surface area contributed by atoms with Crippen LogP contribution in [0.3, 0.4) is 0 Å². The maximum Gasteiger partial charge on any atom is 0.274 e. The van der Waals surface area contributed by atoms with E-state index in [1.54, 1.807) is 36.4 Å². The van der Waals surface area contributed by atoms with E-state index in [1.807, 2.05) is 18.2 Å². The van der Waals surface area contributed by atoms with Gasteiger partial charge in [-0.3, -0.25) is 9.78 Å². The quantitative estimate of drug-likeness (QED) is 0.759. The fraction of sp³-hybridized carbons (Fsp3) is 0. The second-order valence-electron chi connectivity index (χ2n) is 4.89. The fourth-order valence-corrected chi connectivity index (χ4v) is 2.08. The molecule has 0 saturated carbocycles. The van der Waals surface area contributed by atoms with Crippen LogP contribution in [0.2, 0.25) is 0 Å². The highest BCUT2D eigenvalue weighted by atomic mass is 19.1. The Morgan fingerprint density at radius 1 is 0.870 bits per heavy atom. The summed E-state index contributed by atoms with van der Waals surface area (Å²) in [6, 6.07) is 18.6. The fourth-order valence-electron chi connectivity index (χ4n) is 2.08. The van der Waals surface area contributed by atoms with Gasteiger partial charge in [-0.15, -0.1) is 0 Å². The number of carbonyl (C=O) groups is 1. The van der Waals surface area contributed by atoms with Gasteiger partial charge in [-0.1, -0.05) is 24.3 Å². The van der Waals surface area contributed by atoms with Crippen LogP contribution in [0.1, 0.15) is 10.5 Å². The van der Waals surface area contributed by atoms with Gasteiger partial charge >= 0.3 is 0 Å². The van der Waals surface area contributed by atoms with Gasteiger partial charge in [0.25, 0.3) is 5.91 Å². The Kier molecular flexibility index (Phi) is 4.29. The van der Waals surface area contributed by atoms with E-state index in [9.17, 15) is 9.18 Å². The molecule has 0 unspecified atom stereocenters. The molecule has 0 bridgehead atoms. The number of nitrogens with one attached hydrogen (secondary N) is 2. The lowest BCUT2D eigenvalue weighted by Gasteiger charge is -2.08. The van der Waals surface area contributed by atoms with Crippen molar-refractivity contribution in [3.63, 3.8) is 0 Å². The average molecular weight is 307 g/mol. The van der Waals surface area contributed by atoms with Crippen molar-refractivity contribution in [3.8, 4) is 0 Å². The van der Waals surface area contributed by atoms with E-state index in [4.69, 9.17) is 0 Å². The van der Waals surface area contributed by atoms with E-state index >= 15 is 0 Å². The molecule has 3 aromatic rings. The first-order valence-electron chi connectivity index (χ1n) is 7.06. The zero-order valence-corrected chi connectivity index (χ0v) is 12.2. The lowest BCUT2D eigenvalue weighted by Crippen LogP contribution is -2.13. The number of pyridine rings is 1. The molecule has 0 atom stereocenters. The Bertz CT molecular complexity index is 821. The van der Waals surface area contributed by atoms with E-state index in [1.165, 1.54) is 18.3 Å². The first kappa shape index (κ1) is 14.7. The topological polar surface area (TPSA) is 54.0 Å². The Morgan fingerprint density at radius 2 is 1.61 bits per heavy atom. The van der Waals surface area contributed by atoms with Crippen LogP contribution in [-0.2, 0) is 0 Å². The van der Waals surface area contributed by atoms with Gasteiger partial charge in [0.15, 0.2) is 0 Å². The molecule has 114 valence electrons. The van der Waals surface area contributed by atoms with Gasteiger partial charge in [0, 0.05) is 23.3 Å². The monoisotopic (exact) mass is 307 g/mol. The summed E-state index contributed by atoms with van der Waals surface area (Å²) in [6.45, 7) is 0. The number of aromatic nitrogens is 1. The summed E-state index contributed by atoms with van der Waals surface area (Å²) in [4.78, 5) is 16.3. The highest BCUT2D eigenvalue weighted by Crippen LogP contribution is 2.18. The molecule has 2 aromatic carbocycles. The number of benzene rings is 2. The van der Waals surface area contributed by atoms with Crippen molar-refractivity contribution in [2.24, 2.45) is 0 Å². The Labute approximate surface area is 133 Å². The lowest BCUT2D eigenvalue weighted by atomic mass is 10.2. The maximum absolute atomic E-state index is 13.2. The van der Waals surface area contributed by atoms with E-state index in [2.05, 4.69) is 15.6 Å². The molecular weight excluding hydrogens is 293 g/mol. The van der Waals surface area contributed by atoms with Crippen LogP contribution in [0.4, 0.5) is 21.5 Å². The molecule has 1 heterocycles. The number of hydrogen-bond donors (Lipinski definition) is 2. The molecule has 0 saturated heterocycles. The molecule has 0 aliphatic carbocycles. The second-order valence-corrected chi connectivity index (χ2v) is 4.89. The van der Waals surface area contributed by atoms with Gasteiger partial charge in [-0.05, 0) is 42.5 Å². The number of amides is 1. The van der Waals surface area contributed by atoms with Crippen LogP contribution in [-0.4, -0.2) is 10.9 Å². The molecule has 1 aromatic heterocycles. The highest BCUT2D eigenvalue weighted by Gasteiger charge is 2.08. The first-order chi connectivity index (χ1) is 11.2. The molecule has 0 spiro atoms. The molecule has 0 aliphatic heterocycles. The third-order valence-electron chi connectivity index (χ3n) is 3.14. The van der Waals surface area contributed by atoms with Gasteiger partial charge in [-0.25, -0.2) is 4.39 Å². The molecule has 23 heavy (non-hydrogen) atoms. The summed E-state index contributed by atoms with van der Waals surface area (Å²) in [5, 5.41) is 5.81. The summed E-state index contributed by atoms with van der Waals surface area (Å²) in [6.07, 6.45) is 1.53. The standard InChI is InChI=1S/C18H14FN3O/c19-13-5-4-8-15(11-13)21-16-9-10-20-17(12-16)18(23)22-14-6-2-1-3-7-14/h1-12H,(H,20,21)(H,22,23). The van der Waals surface area contributed by atoms with Gasteiger partial charge in [0.1, 0.15) is 11.5 Å². The van der Waals surface area contributed by atoms with Crippen molar-refractivity contribution in [1.29, 1.82) is 0 Å². The van der Waals surface area contributed by atoms with Crippen LogP contribution in [0.25, 0.3) is 0 Å². The number of anilines is 3. The van der Waals surface area contributed by atoms with Crippen LogP contribution in [0.5, 0.6) is 0 Å². The van der Waals surface area contributed by atoms with E-state index in [0.29, 0.717) is 17.1 Å². The number of halogens is 1. The summed E-state index contributed by atoms with van der Waals surface area (Å²) >= 11 is 0. The second kappa shape index (κ2) is 6.70. The molecule has 3 rings (SSSR count). The number of para-hydroxylation sites is 1.